The Hall–Kier alpha value is -3.88. The first-order valence-corrected chi connectivity index (χ1v) is 10.4. The number of anilines is 1. The van der Waals surface area contributed by atoms with Gasteiger partial charge in [-0.25, -0.2) is 5.84 Å². The van der Waals surface area contributed by atoms with Crippen molar-refractivity contribution < 1.29 is 22.8 Å². The van der Waals surface area contributed by atoms with Gasteiger partial charge in [0.2, 0.25) is 6.41 Å². The van der Waals surface area contributed by atoms with E-state index in [0.717, 1.165) is 23.3 Å². The van der Waals surface area contributed by atoms with Gasteiger partial charge in [0.15, 0.2) is 0 Å². The second kappa shape index (κ2) is 10.6. The average Bonchev–Trinajstić information content (AvgIpc) is 2.78. The van der Waals surface area contributed by atoms with Crippen molar-refractivity contribution in [2.75, 3.05) is 19.0 Å². The van der Waals surface area contributed by atoms with Crippen molar-refractivity contribution in [3.8, 4) is 6.07 Å². The summed E-state index contributed by atoms with van der Waals surface area (Å²) >= 11 is 0. The highest BCUT2D eigenvalue weighted by Gasteiger charge is 2.38. The Bertz CT molecular complexity index is 1150. The van der Waals surface area contributed by atoms with Gasteiger partial charge in [0, 0.05) is 19.8 Å². The molecule has 0 spiro atoms. The maximum absolute atomic E-state index is 13.4. The van der Waals surface area contributed by atoms with Crippen molar-refractivity contribution in [1.29, 1.82) is 5.26 Å². The van der Waals surface area contributed by atoms with E-state index < -0.39 is 28.7 Å². The Kier molecular flexibility index (Phi) is 8.28. The summed E-state index contributed by atoms with van der Waals surface area (Å²) < 4.78 is 40.1. The molecule has 0 bridgehead atoms. The Balaban J connectivity index is 2.28. The minimum atomic E-state index is -4.82. The Morgan fingerprint density at radius 1 is 1.11 bits per heavy atom. The first kappa shape index (κ1) is 27.4. The van der Waals surface area contributed by atoms with E-state index in [4.69, 9.17) is 16.8 Å². The molecule has 0 aromatic heterocycles. The molecule has 0 aliphatic carbocycles. The van der Waals surface area contributed by atoms with E-state index in [1.807, 2.05) is 12.1 Å². The Morgan fingerprint density at radius 3 is 2.20 bits per heavy atom. The molecule has 2 aromatic carbocycles. The molecule has 0 atom stereocenters. The molecule has 35 heavy (non-hydrogen) atoms. The average molecular weight is 489 g/mol. The predicted molar refractivity (Wildman–Crippen MR) is 126 cm³/mol. The smallest absolute Gasteiger partial charge is 0.397 e. The second-order valence-corrected chi connectivity index (χ2v) is 8.48. The van der Waals surface area contributed by atoms with E-state index >= 15 is 0 Å². The summed E-state index contributed by atoms with van der Waals surface area (Å²) in [5.74, 6) is 4.83. The van der Waals surface area contributed by atoms with Crippen molar-refractivity contribution >= 4 is 23.7 Å². The van der Waals surface area contributed by atoms with Crippen LogP contribution in [0, 0.1) is 11.3 Å². The SMILES string of the molecule is CN(N)/C=C(\N)c1ccc(CN(C)C(C)(C)C(=O)N(C=O)c2ccc(C#N)c(C(F)(F)F)c2)cc1. The van der Waals surface area contributed by atoms with Crippen LogP contribution in [0.15, 0.2) is 48.7 Å². The third-order valence-corrected chi connectivity index (χ3v) is 5.56. The number of hydrazine groups is 1. The number of benzene rings is 2. The molecule has 11 heteroatoms. The van der Waals surface area contributed by atoms with Crippen LogP contribution in [0.25, 0.3) is 5.70 Å². The zero-order chi connectivity index (χ0) is 26.6. The van der Waals surface area contributed by atoms with Gasteiger partial charge in [-0.1, -0.05) is 24.3 Å². The fourth-order valence-electron chi connectivity index (χ4n) is 3.27. The highest BCUT2D eigenvalue weighted by Crippen LogP contribution is 2.35. The van der Waals surface area contributed by atoms with E-state index in [1.165, 1.54) is 11.1 Å². The van der Waals surface area contributed by atoms with Crippen LogP contribution in [-0.4, -0.2) is 41.9 Å². The zero-order valence-electron chi connectivity index (χ0n) is 19.8. The van der Waals surface area contributed by atoms with E-state index in [9.17, 15) is 22.8 Å². The third kappa shape index (κ3) is 6.38. The number of rotatable bonds is 8. The van der Waals surface area contributed by atoms with Crippen molar-refractivity contribution in [3.05, 3.63) is 70.9 Å². The molecule has 8 nitrogen and oxygen atoms in total. The topological polar surface area (TPSA) is 120 Å². The van der Waals surface area contributed by atoms with Gasteiger partial charge in [-0.2, -0.15) is 18.4 Å². The van der Waals surface area contributed by atoms with Gasteiger partial charge < -0.3 is 10.7 Å². The Morgan fingerprint density at radius 2 is 1.71 bits per heavy atom. The molecule has 186 valence electrons. The molecule has 2 aromatic rings. The van der Waals surface area contributed by atoms with Crippen molar-refractivity contribution in [2.45, 2.75) is 32.1 Å². The maximum Gasteiger partial charge on any atom is 0.417 e. The van der Waals surface area contributed by atoms with Crippen LogP contribution in [0.1, 0.15) is 36.1 Å². The summed E-state index contributed by atoms with van der Waals surface area (Å²) in [7, 11) is 3.30. The van der Waals surface area contributed by atoms with E-state index in [2.05, 4.69) is 0 Å². The largest absolute Gasteiger partial charge is 0.417 e. The standard InChI is InChI=1S/C24H27F3N6O2/c1-23(2,31(3)13-16-5-7-17(8-6-16)21(29)14-32(4)30)22(35)33(15-34)19-10-9-18(12-28)20(11-19)24(25,26)27/h5-11,14-15H,13,29-30H2,1-4H3/b21-14-. The van der Waals surface area contributed by atoms with E-state index in [0.29, 0.717) is 23.2 Å². The minimum Gasteiger partial charge on any atom is -0.397 e. The number of amides is 2. The summed E-state index contributed by atoms with van der Waals surface area (Å²) in [6.07, 6.45) is -3.10. The number of alkyl halides is 3. The van der Waals surface area contributed by atoms with Crippen LogP contribution in [0.5, 0.6) is 0 Å². The molecule has 0 fully saturated rings. The second-order valence-electron chi connectivity index (χ2n) is 8.48. The van der Waals surface area contributed by atoms with Crippen LogP contribution in [0.4, 0.5) is 18.9 Å². The first-order valence-electron chi connectivity index (χ1n) is 10.4. The summed E-state index contributed by atoms with van der Waals surface area (Å²) in [6, 6.07) is 11.4. The van der Waals surface area contributed by atoms with Crippen LogP contribution in [0.2, 0.25) is 0 Å². The predicted octanol–water partition coefficient (Wildman–Crippen LogP) is 3.04. The first-order chi connectivity index (χ1) is 16.2. The molecule has 0 saturated heterocycles. The lowest BCUT2D eigenvalue weighted by molar-refractivity contribution is -0.138. The number of likely N-dealkylation sites (N-methyl/N-ethyl adjacent to an activating group) is 1. The molecular formula is C24H27F3N6O2. The number of carbonyl (C=O) groups is 2. The van der Waals surface area contributed by atoms with Crippen LogP contribution in [-0.2, 0) is 22.3 Å². The van der Waals surface area contributed by atoms with Crippen LogP contribution >= 0.6 is 0 Å². The molecule has 0 saturated carbocycles. The van der Waals surface area contributed by atoms with Crippen LogP contribution in [0.3, 0.4) is 0 Å². The van der Waals surface area contributed by atoms with Crippen LogP contribution < -0.4 is 16.5 Å². The number of nitriles is 1. The molecule has 0 unspecified atom stereocenters. The van der Waals surface area contributed by atoms with Gasteiger partial charge in [0.25, 0.3) is 5.91 Å². The number of carbonyl (C=O) groups excluding carboxylic acids is 2. The number of imide groups is 1. The number of halogens is 3. The van der Waals surface area contributed by atoms with Crippen molar-refractivity contribution in [2.24, 2.45) is 11.6 Å². The Labute approximate surface area is 201 Å². The van der Waals surface area contributed by atoms with Crippen molar-refractivity contribution in [1.82, 2.24) is 9.91 Å². The number of nitrogens with two attached hydrogens (primary N) is 2. The molecule has 2 amide bonds. The van der Waals surface area contributed by atoms with E-state index in [1.54, 1.807) is 51.2 Å². The quantitative estimate of drug-likeness (QED) is 0.333. The lowest BCUT2D eigenvalue weighted by atomic mass is 9.99. The fourth-order valence-corrected chi connectivity index (χ4v) is 3.27. The molecule has 0 radical (unpaired) electrons. The summed E-state index contributed by atoms with van der Waals surface area (Å²) in [6.45, 7) is 3.42. The van der Waals surface area contributed by atoms with Gasteiger partial charge in [-0.3, -0.25) is 19.4 Å². The highest BCUT2D eigenvalue weighted by molar-refractivity contribution is 6.11. The maximum atomic E-state index is 13.4. The molecular weight excluding hydrogens is 461 g/mol. The number of hydrogen-bond donors (Lipinski definition) is 2. The van der Waals surface area contributed by atoms with E-state index in [-0.39, 0.29) is 12.1 Å². The third-order valence-electron chi connectivity index (χ3n) is 5.56. The number of hydrogen-bond acceptors (Lipinski definition) is 7. The van der Waals surface area contributed by atoms with Gasteiger partial charge in [-0.05, 0) is 50.2 Å². The number of nitrogens with zero attached hydrogens (tertiary/aromatic N) is 4. The summed E-state index contributed by atoms with van der Waals surface area (Å²) in [4.78, 5) is 27.3. The van der Waals surface area contributed by atoms with Gasteiger partial charge in [0.05, 0.1) is 34.1 Å². The summed E-state index contributed by atoms with van der Waals surface area (Å²) in [5, 5.41) is 10.3. The fraction of sp³-hybridized carbons (Fsp3) is 0.292. The monoisotopic (exact) mass is 488 g/mol. The lowest BCUT2D eigenvalue weighted by Crippen LogP contribution is -2.54. The van der Waals surface area contributed by atoms with Crippen molar-refractivity contribution in [3.63, 3.8) is 0 Å². The van der Waals surface area contributed by atoms with Gasteiger partial charge >= 0.3 is 6.18 Å². The molecule has 0 aliphatic rings. The molecule has 4 N–H and O–H groups in total. The molecule has 0 heterocycles. The van der Waals surface area contributed by atoms with Gasteiger partial charge in [-0.15, -0.1) is 0 Å². The lowest BCUT2D eigenvalue weighted by Gasteiger charge is -2.36. The molecule has 0 aliphatic heterocycles. The molecule has 2 rings (SSSR count). The summed E-state index contributed by atoms with van der Waals surface area (Å²) in [5.41, 5.74) is 4.64. The highest BCUT2D eigenvalue weighted by atomic mass is 19.4. The minimum absolute atomic E-state index is 0.165. The van der Waals surface area contributed by atoms with Gasteiger partial charge in [0.1, 0.15) is 0 Å². The zero-order valence-corrected chi connectivity index (χ0v) is 19.8. The normalized spacial score (nSPS) is 12.3.